The van der Waals surface area contributed by atoms with Crippen LogP contribution >= 0.6 is 0 Å². The second-order valence-corrected chi connectivity index (χ2v) is 8.82. The van der Waals surface area contributed by atoms with Crippen LogP contribution in [0, 0.1) is 11.7 Å². The molecule has 7 nitrogen and oxygen atoms in total. The number of hydrogen-bond donors (Lipinski definition) is 0. The Balaban J connectivity index is 1.66. The number of esters is 1. The van der Waals surface area contributed by atoms with Crippen LogP contribution in [0.2, 0.25) is 0 Å². The van der Waals surface area contributed by atoms with Crippen molar-refractivity contribution < 1.29 is 18.7 Å². The number of benzene rings is 1. The molecule has 0 aliphatic carbocycles. The summed E-state index contributed by atoms with van der Waals surface area (Å²) in [5.74, 6) is 0.0310. The molecule has 0 radical (unpaired) electrons. The summed E-state index contributed by atoms with van der Waals surface area (Å²) in [4.78, 5) is 39.0. The summed E-state index contributed by atoms with van der Waals surface area (Å²) in [5.41, 5.74) is 1.14. The highest BCUT2D eigenvalue weighted by molar-refractivity contribution is 5.99. The lowest BCUT2D eigenvalue weighted by atomic mass is 9.97. The molecule has 0 unspecified atom stereocenters. The summed E-state index contributed by atoms with van der Waals surface area (Å²) in [6.07, 6.45) is 6.25. The van der Waals surface area contributed by atoms with Crippen molar-refractivity contribution in [2.45, 2.75) is 52.0 Å². The van der Waals surface area contributed by atoms with Crippen LogP contribution < -0.4 is 4.90 Å². The van der Waals surface area contributed by atoms with Gasteiger partial charge in [0.05, 0.1) is 12.5 Å². The molecule has 176 valence electrons. The number of amides is 1. The molecule has 3 heterocycles. The second kappa shape index (κ2) is 10.3. The smallest absolute Gasteiger partial charge is 0.310 e. The maximum atomic E-state index is 13.6. The molecule has 2 fully saturated rings. The molecule has 33 heavy (non-hydrogen) atoms. The van der Waals surface area contributed by atoms with Crippen molar-refractivity contribution in [2.24, 2.45) is 5.92 Å². The van der Waals surface area contributed by atoms with Gasteiger partial charge in [-0.3, -0.25) is 9.59 Å². The topological polar surface area (TPSA) is 75.6 Å². The highest BCUT2D eigenvalue weighted by Gasteiger charge is 2.33. The molecule has 8 heteroatoms. The van der Waals surface area contributed by atoms with Gasteiger partial charge < -0.3 is 14.5 Å². The van der Waals surface area contributed by atoms with Gasteiger partial charge in [-0.25, -0.2) is 14.4 Å². The highest BCUT2D eigenvalue weighted by atomic mass is 19.1. The predicted molar refractivity (Wildman–Crippen MR) is 123 cm³/mol. The molecule has 2 aliphatic heterocycles. The van der Waals surface area contributed by atoms with Crippen molar-refractivity contribution >= 4 is 17.7 Å². The van der Waals surface area contributed by atoms with Crippen molar-refractivity contribution in [3.8, 4) is 11.4 Å². The number of halogens is 1. The number of carbonyl (C=O) groups is 2. The van der Waals surface area contributed by atoms with Gasteiger partial charge in [0.1, 0.15) is 17.2 Å². The van der Waals surface area contributed by atoms with E-state index in [2.05, 4.69) is 16.8 Å². The molecule has 2 atom stereocenters. The molecule has 2 saturated heterocycles. The number of aromatic nitrogens is 2. The fourth-order valence-electron chi connectivity index (χ4n) is 4.68. The first-order valence-corrected chi connectivity index (χ1v) is 11.8. The summed E-state index contributed by atoms with van der Waals surface area (Å²) in [5, 5.41) is 0. The van der Waals surface area contributed by atoms with E-state index >= 15 is 0 Å². The van der Waals surface area contributed by atoms with Gasteiger partial charge >= 0.3 is 5.97 Å². The average molecular weight is 455 g/mol. The number of rotatable bonds is 5. The number of piperidine rings is 2. The summed E-state index contributed by atoms with van der Waals surface area (Å²) in [6, 6.07) is 6.29. The molecule has 2 aromatic rings. The lowest BCUT2D eigenvalue weighted by Gasteiger charge is -2.37. The van der Waals surface area contributed by atoms with E-state index in [9.17, 15) is 14.0 Å². The Labute approximate surface area is 194 Å². The third-order valence-electron chi connectivity index (χ3n) is 6.51. The number of nitrogens with zero attached hydrogens (tertiary/aromatic N) is 4. The van der Waals surface area contributed by atoms with E-state index in [0.717, 1.165) is 38.6 Å². The number of carbonyl (C=O) groups excluding carboxylic acids is 2. The normalized spacial score (nSPS) is 21.1. The van der Waals surface area contributed by atoms with Crippen LogP contribution in [0.3, 0.4) is 0 Å². The largest absolute Gasteiger partial charge is 0.466 e. The second-order valence-electron chi connectivity index (χ2n) is 8.82. The first kappa shape index (κ1) is 23.1. The van der Waals surface area contributed by atoms with Crippen molar-refractivity contribution in [1.82, 2.24) is 14.9 Å². The van der Waals surface area contributed by atoms with E-state index < -0.39 is 0 Å². The summed E-state index contributed by atoms with van der Waals surface area (Å²) in [6.45, 7) is 6.00. The standard InChI is InChI=1S/C25H31FN4O3/c1-3-33-25(32)19-8-6-13-29(16-19)24(31)21-15-27-22(18-9-11-20(26)12-10-18)28-23(21)30-14-5-4-7-17(30)2/h9-12,15,17,19H,3-8,13-14,16H2,1-2H3/t17-,19-/m0/s1. The minimum absolute atomic E-state index is 0.164. The quantitative estimate of drug-likeness (QED) is 0.634. The number of anilines is 1. The third-order valence-corrected chi connectivity index (χ3v) is 6.51. The van der Waals surface area contributed by atoms with Gasteiger partial charge in [-0.15, -0.1) is 0 Å². The van der Waals surface area contributed by atoms with Gasteiger partial charge in [0.25, 0.3) is 5.91 Å². The molecule has 0 saturated carbocycles. The van der Waals surface area contributed by atoms with E-state index in [-0.39, 0.29) is 29.7 Å². The molecule has 0 spiro atoms. The zero-order chi connectivity index (χ0) is 23.4. The van der Waals surface area contributed by atoms with Gasteiger partial charge in [-0.1, -0.05) is 0 Å². The van der Waals surface area contributed by atoms with Crippen molar-refractivity contribution in [3.63, 3.8) is 0 Å². The number of ether oxygens (including phenoxy) is 1. The summed E-state index contributed by atoms with van der Waals surface area (Å²) in [7, 11) is 0. The summed E-state index contributed by atoms with van der Waals surface area (Å²) >= 11 is 0. The molecule has 1 aromatic heterocycles. The monoisotopic (exact) mass is 454 g/mol. The van der Waals surface area contributed by atoms with Crippen molar-refractivity contribution in [2.75, 3.05) is 31.1 Å². The lowest BCUT2D eigenvalue weighted by Crippen LogP contribution is -2.44. The van der Waals surface area contributed by atoms with E-state index in [1.807, 2.05) is 0 Å². The van der Waals surface area contributed by atoms with Crippen LogP contribution in [-0.4, -0.2) is 59.0 Å². The minimum Gasteiger partial charge on any atom is -0.466 e. The fraction of sp³-hybridized carbons (Fsp3) is 0.520. The highest BCUT2D eigenvalue weighted by Crippen LogP contribution is 2.30. The minimum atomic E-state index is -0.323. The Hall–Kier alpha value is -3.03. The zero-order valence-electron chi connectivity index (χ0n) is 19.3. The fourth-order valence-corrected chi connectivity index (χ4v) is 4.68. The van der Waals surface area contributed by atoms with Gasteiger partial charge in [0.15, 0.2) is 5.82 Å². The summed E-state index contributed by atoms with van der Waals surface area (Å²) < 4.78 is 18.6. The Morgan fingerprint density at radius 1 is 1.12 bits per heavy atom. The van der Waals surface area contributed by atoms with Crippen LogP contribution in [-0.2, 0) is 9.53 Å². The Morgan fingerprint density at radius 3 is 2.64 bits per heavy atom. The van der Waals surface area contributed by atoms with Crippen molar-refractivity contribution in [1.29, 1.82) is 0 Å². The first-order valence-electron chi connectivity index (χ1n) is 11.8. The van der Waals surface area contributed by atoms with Crippen LogP contribution in [0.4, 0.5) is 10.2 Å². The van der Waals surface area contributed by atoms with Gasteiger partial charge in [0.2, 0.25) is 0 Å². The molecular weight excluding hydrogens is 423 g/mol. The van der Waals surface area contributed by atoms with Crippen molar-refractivity contribution in [3.05, 3.63) is 41.8 Å². The average Bonchev–Trinajstić information content (AvgIpc) is 2.84. The van der Waals surface area contributed by atoms with Gasteiger partial charge in [0, 0.05) is 37.4 Å². The zero-order valence-corrected chi connectivity index (χ0v) is 19.3. The molecule has 0 N–H and O–H groups in total. The van der Waals surface area contributed by atoms with Gasteiger partial charge in [-0.2, -0.15) is 0 Å². The van der Waals surface area contributed by atoms with E-state index in [1.165, 1.54) is 12.1 Å². The first-order chi connectivity index (χ1) is 16.0. The molecule has 1 amide bonds. The van der Waals surface area contributed by atoms with Gasteiger partial charge in [-0.05, 0) is 70.2 Å². The van der Waals surface area contributed by atoms with Crippen LogP contribution in [0.15, 0.2) is 30.5 Å². The van der Waals surface area contributed by atoms with Crippen LogP contribution in [0.25, 0.3) is 11.4 Å². The molecule has 2 aliphatic rings. The lowest BCUT2D eigenvalue weighted by molar-refractivity contribution is -0.149. The SMILES string of the molecule is CCOC(=O)[C@H]1CCCN(C(=O)c2cnc(-c3ccc(F)cc3)nc2N2CCCC[C@@H]2C)C1. The van der Waals surface area contributed by atoms with Crippen LogP contribution in [0.1, 0.15) is 56.3 Å². The Kier molecular flexibility index (Phi) is 7.20. The van der Waals surface area contributed by atoms with E-state index in [0.29, 0.717) is 42.5 Å². The maximum absolute atomic E-state index is 13.6. The number of likely N-dealkylation sites (tertiary alicyclic amines) is 1. The molecule has 0 bridgehead atoms. The van der Waals surface area contributed by atoms with E-state index in [4.69, 9.17) is 9.72 Å². The Bertz CT molecular complexity index is 998. The predicted octanol–water partition coefficient (Wildman–Crippen LogP) is 4.08. The maximum Gasteiger partial charge on any atom is 0.310 e. The third kappa shape index (κ3) is 5.15. The Morgan fingerprint density at radius 2 is 1.91 bits per heavy atom. The van der Waals surface area contributed by atoms with E-state index in [1.54, 1.807) is 30.2 Å². The molecular formula is C25H31FN4O3. The number of hydrogen-bond acceptors (Lipinski definition) is 6. The van der Waals surface area contributed by atoms with Crippen LogP contribution in [0.5, 0.6) is 0 Å². The molecule has 4 rings (SSSR count). The molecule has 1 aromatic carbocycles.